The van der Waals surface area contributed by atoms with E-state index >= 15 is 0 Å². The molecule has 1 aromatic carbocycles. The molecule has 144 valence electrons. The molecule has 1 aromatic rings. The van der Waals surface area contributed by atoms with Crippen LogP contribution in [0, 0.1) is 10.1 Å². The van der Waals surface area contributed by atoms with Gasteiger partial charge in [0.25, 0.3) is 5.69 Å². The smallest absolute Gasteiger partial charge is 0.271 e. The third-order valence-electron chi connectivity index (χ3n) is 4.04. The summed E-state index contributed by atoms with van der Waals surface area (Å²) < 4.78 is 5.48. The lowest BCUT2D eigenvalue weighted by Crippen LogP contribution is -2.28. The van der Waals surface area contributed by atoms with Crippen LogP contribution < -0.4 is 10.6 Å². The van der Waals surface area contributed by atoms with E-state index in [1.54, 1.807) is 0 Å². The predicted octanol–water partition coefficient (Wildman–Crippen LogP) is 2.34. The molecule has 9 nitrogen and oxygen atoms in total. The Bertz CT molecular complexity index is 797. The van der Waals surface area contributed by atoms with Crippen LogP contribution in [0.5, 0.6) is 0 Å². The number of non-ortho nitro benzene ring substituents is 1. The van der Waals surface area contributed by atoms with Crippen molar-refractivity contribution in [2.45, 2.75) is 30.6 Å². The lowest BCUT2D eigenvalue weighted by molar-refractivity contribution is -0.384. The summed E-state index contributed by atoms with van der Waals surface area (Å²) in [6.45, 7) is 1.21. The number of carbonyl (C=O) groups is 2. The van der Waals surface area contributed by atoms with Crippen LogP contribution in [0.2, 0.25) is 5.02 Å². The van der Waals surface area contributed by atoms with Crippen molar-refractivity contribution in [3.63, 3.8) is 0 Å². The molecule has 11 heteroatoms. The average molecular weight is 413 g/mol. The Balaban J connectivity index is 1.56. The van der Waals surface area contributed by atoms with E-state index in [9.17, 15) is 19.7 Å². The molecule has 0 radical (unpaired) electrons. The number of hydrogen-bond acceptors (Lipinski definition) is 7. The van der Waals surface area contributed by atoms with Crippen LogP contribution in [-0.2, 0) is 14.3 Å². The summed E-state index contributed by atoms with van der Waals surface area (Å²) in [4.78, 5) is 38.9. The number of amidine groups is 1. The maximum Gasteiger partial charge on any atom is 0.271 e. The second kappa shape index (κ2) is 8.68. The Labute approximate surface area is 164 Å². The van der Waals surface area contributed by atoms with Gasteiger partial charge in [0.15, 0.2) is 5.17 Å². The highest BCUT2D eigenvalue weighted by molar-refractivity contribution is 8.15. The van der Waals surface area contributed by atoms with E-state index in [1.165, 1.54) is 30.0 Å². The fourth-order valence-electron chi connectivity index (χ4n) is 2.68. The minimum absolute atomic E-state index is 0.0772. The molecule has 0 unspecified atom stereocenters. The van der Waals surface area contributed by atoms with E-state index < -0.39 is 16.1 Å². The molecule has 0 saturated carbocycles. The van der Waals surface area contributed by atoms with Crippen molar-refractivity contribution in [3.8, 4) is 0 Å². The van der Waals surface area contributed by atoms with Gasteiger partial charge in [0.05, 0.1) is 28.3 Å². The molecule has 3 rings (SSSR count). The van der Waals surface area contributed by atoms with Gasteiger partial charge in [0, 0.05) is 25.2 Å². The number of aliphatic imine (C=N–C) groups is 1. The number of nitro benzene ring substituents is 1. The number of halogens is 1. The van der Waals surface area contributed by atoms with Crippen molar-refractivity contribution in [2.75, 3.05) is 18.5 Å². The van der Waals surface area contributed by atoms with E-state index in [2.05, 4.69) is 15.6 Å². The third-order valence-corrected chi connectivity index (χ3v) is 5.49. The number of nitro groups is 1. The first-order valence-electron chi connectivity index (χ1n) is 8.30. The average Bonchev–Trinajstić information content (AvgIpc) is 3.25. The number of benzene rings is 1. The Hall–Kier alpha value is -2.17. The van der Waals surface area contributed by atoms with Gasteiger partial charge in [0.2, 0.25) is 11.8 Å². The van der Waals surface area contributed by atoms with Gasteiger partial charge in [0.1, 0.15) is 5.25 Å². The van der Waals surface area contributed by atoms with Crippen molar-refractivity contribution >= 4 is 51.7 Å². The van der Waals surface area contributed by atoms with Gasteiger partial charge in [-0.05, 0) is 18.9 Å². The second-order valence-corrected chi connectivity index (χ2v) is 7.65. The maximum atomic E-state index is 12.2. The van der Waals surface area contributed by atoms with Gasteiger partial charge in [-0.1, -0.05) is 23.4 Å². The monoisotopic (exact) mass is 412 g/mol. The molecule has 2 N–H and O–H groups in total. The number of carbonyl (C=O) groups excluding carboxylic acids is 2. The predicted molar refractivity (Wildman–Crippen MR) is 102 cm³/mol. The molecule has 0 spiro atoms. The van der Waals surface area contributed by atoms with Gasteiger partial charge in [-0.3, -0.25) is 24.7 Å². The number of hydrogen-bond donors (Lipinski definition) is 2. The molecule has 2 atom stereocenters. The molecule has 2 aliphatic rings. The molecule has 0 bridgehead atoms. The first kappa shape index (κ1) is 19.6. The van der Waals surface area contributed by atoms with Crippen LogP contribution in [-0.4, -0.2) is 46.4 Å². The second-order valence-electron chi connectivity index (χ2n) is 6.05. The zero-order chi connectivity index (χ0) is 19.4. The summed E-state index contributed by atoms with van der Waals surface area (Å²) in [6, 6.07) is 3.76. The van der Waals surface area contributed by atoms with Crippen LogP contribution >= 0.6 is 23.4 Å². The standard InChI is InChI=1S/C16H17ClN4O5S/c17-11-4-3-9(21(24)25)6-12(11)19-14(22)7-13-15(23)20-16(27-13)18-8-10-2-1-5-26-10/h3-4,6,10,13H,1-2,5,7-8H2,(H,19,22)(H,18,20,23)/t10-,13-/m1/s1. The molecule has 2 heterocycles. The zero-order valence-corrected chi connectivity index (χ0v) is 15.7. The number of amides is 2. The zero-order valence-electron chi connectivity index (χ0n) is 14.1. The van der Waals surface area contributed by atoms with Crippen LogP contribution in [0.4, 0.5) is 11.4 Å². The van der Waals surface area contributed by atoms with Gasteiger partial charge >= 0.3 is 0 Å². The topological polar surface area (TPSA) is 123 Å². The molecular formula is C16H17ClN4O5S. The summed E-state index contributed by atoms with van der Waals surface area (Å²) in [5.41, 5.74) is -0.0576. The summed E-state index contributed by atoms with van der Waals surface area (Å²) in [5.74, 6) is -0.767. The molecule has 27 heavy (non-hydrogen) atoms. The number of rotatable bonds is 6. The van der Waals surface area contributed by atoms with Crippen molar-refractivity contribution in [1.82, 2.24) is 5.32 Å². The molecule has 2 aliphatic heterocycles. The summed E-state index contributed by atoms with van der Waals surface area (Å²) in [6.07, 6.45) is 1.94. The van der Waals surface area contributed by atoms with Gasteiger partial charge in [-0.2, -0.15) is 0 Å². The quantitative estimate of drug-likeness (QED) is 0.546. The Morgan fingerprint density at radius 2 is 2.33 bits per heavy atom. The normalized spacial score (nSPS) is 23.4. The Morgan fingerprint density at radius 3 is 3.04 bits per heavy atom. The van der Waals surface area contributed by atoms with Crippen molar-refractivity contribution in [2.24, 2.45) is 4.99 Å². The van der Waals surface area contributed by atoms with Crippen molar-refractivity contribution in [1.29, 1.82) is 0 Å². The lowest BCUT2D eigenvalue weighted by Gasteiger charge is -2.09. The number of nitrogens with one attached hydrogen (secondary N) is 2. The fourth-order valence-corrected chi connectivity index (χ4v) is 3.82. The minimum atomic E-state index is -0.620. The highest BCUT2D eigenvalue weighted by Crippen LogP contribution is 2.28. The number of ether oxygens (including phenoxy) is 1. The number of nitrogens with zero attached hydrogens (tertiary/aromatic N) is 2. The molecule has 2 fully saturated rings. The molecule has 0 aromatic heterocycles. The summed E-state index contributed by atoms with van der Waals surface area (Å²) in [5, 5.41) is 16.0. The fraction of sp³-hybridized carbons (Fsp3) is 0.438. The molecule has 2 amide bonds. The molecule has 2 saturated heterocycles. The van der Waals surface area contributed by atoms with E-state index in [-0.39, 0.29) is 34.8 Å². The SMILES string of the molecule is O=C(C[C@H]1SC(=NC[C@H]2CCCO2)NC1=O)Nc1cc([N+](=O)[O-])ccc1Cl. The van der Waals surface area contributed by atoms with Gasteiger partial charge in [-0.15, -0.1) is 0 Å². The van der Waals surface area contributed by atoms with Crippen LogP contribution in [0.25, 0.3) is 0 Å². The van der Waals surface area contributed by atoms with Crippen molar-refractivity contribution < 1.29 is 19.2 Å². The lowest BCUT2D eigenvalue weighted by atomic mass is 10.2. The highest BCUT2D eigenvalue weighted by atomic mass is 35.5. The first-order chi connectivity index (χ1) is 12.9. The number of anilines is 1. The van der Waals surface area contributed by atoms with E-state index in [0.29, 0.717) is 11.7 Å². The maximum absolute atomic E-state index is 12.2. The first-order valence-corrected chi connectivity index (χ1v) is 9.55. The number of thioether (sulfide) groups is 1. The Morgan fingerprint density at radius 1 is 1.52 bits per heavy atom. The van der Waals surface area contributed by atoms with E-state index in [4.69, 9.17) is 16.3 Å². The van der Waals surface area contributed by atoms with Crippen molar-refractivity contribution in [3.05, 3.63) is 33.3 Å². The largest absolute Gasteiger partial charge is 0.376 e. The molecular weight excluding hydrogens is 396 g/mol. The molecule has 0 aliphatic carbocycles. The van der Waals surface area contributed by atoms with Gasteiger partial charge < -0.3 is 15.4 Å². The summed E-state index contributed by atoms with van der Waals surface area (Å²) >= 11 is 7.15. The van der Waals surface area contributed by atoms with Gasteiger partial charge in [-0.25, -0.2) is 0 Å². The van der Waals surface area contributed by atoms with Crippen LogP contribution in [0.15, 0.2) is 23.2 Å². The van der Waals surface area contributed by atoms with Crippen LogP contribution in [0.1, 0.15) is 19.3 Å². The third kappa shape index (κ3) is 5.18. The Kier molecular flexibility index (Phi) is 6.30. The highest BCUT2D eigenvalue weighted by Gasteiger charge is 2.32. The summed E-state index contributed by atoms with van der Waals surface area (Å²) in [7, 11) is 0. The van der Waals surface area contributed by atoms with Crippen LogP contribution in [0.3, 0.4) is 0 Å². The van der Waals surface area contributed by atoms with E-state index in [1.807, 2.05) is 0 Å². The van der Waals surface area contributed by atoms with E-state index in [0.717, 1.165) is 19.4 Å². The minimum Gasteiger partial charge on any atom is -0.376 e.